The standard InChI is InChI=1S/C18H14F3NO2/c1-10-17(11(2)24-22-10)15-8-5-13(18(19,20)21)9-16(15)12-3-6-14(23)7-4-12/h3-9,23H,1-2H3. The highest BCUT2D eigenvalue weighted by atomic mass is 19.4. The van der Waals surface area contributed by atoms with Crippen LogP contribution in [0, 0.1) is 13.8 Å². The molecule has 0 atom stereocenters. The Bertz CT molecular complexity index is 861. The Morgan fingerprint density at radius 3 is 2.17 bits per heavy atom. The number of nitrogens with zero attached hydrogens (tertiary/aromatic N) is 1. The van der Waals surface area contributed by atoms with Crippen LogP contribution in [0.25, 0.3) is 22.3 Å². The predicted molar refractivity (Wildman–Crippen MR) is 83.5 cm³/mol. The number of rotatable bonds is 2. The average molecular weight is 333 g/mol. The summed E-state index contributed by atoms with van der Waals surface area (Å²) in [5.41, 5.74) is 2.11. The molecule has 0 fully saturated rings. The van der Waals surface area contributed by atoms with Gasteiger partial charge in [-0.25, -0.2) is 0 Å². The third-order valence-electron chi connectivity index (χ3n) is 3.83. The Morgan fingerprint density at radius 2 is 1.62 bits per heavy atom. The van der Waals surface area contributed by atoms with Gasteiger partial charge in [0, 0.05) is 5.56 Å². The number of aryl methyl sites for hydroxylation is 2. The van der Waals surface area contributed by atoms with Crippen LogP contribution in [0.5, 0.6) is 5.75 Å². The summed E-state index contributed by atoms with van der Waals surface area (Å²) in [4.78, 5) is 0. The molecule has 6 heteroatoms. The van der Waals surface area contributed by atoms with E-state index in [-0.39, 0.29) is 5.75 Å². The molecule has 3 rings (SSSR count). The van der Waals surface area contributed by atoms with E-state index >= 15 is 0 Å². The third kappa shape index (κ3) is 2.87. The first-order chi connectivity index (χ1) is 11.3. The van der Waals surface area contributed by atoms with Crippen LogP contribution < -0.4 is 0 Å². The minimum Gasteiger partial charge on any atom is -0.508 e. The fourth-order valence-electron chi connectivity index (χ4n) is 2.69. The molecule has 1 aromatic heterocycles. The van der Waals surface area contributed by atoms with Crippen molar-refractivity contribution in [2.24, 2.45) is 0 Å². The first-order valence-electron chi connectivity index (χ1n) is 7.21. The number of benzene rings is 2. The Balaban J connectivity index is 2.28. The van der Waals surface area contributed by atoms with E-state index in [9.17, 15) is 18.3 Å². The highest BCUT2D eigenvalue weighted by Crippen LogP contribution is 2.40. The third-order valence-corrected chi connectivity index (χ3v) is 3.83. The molecule has 0 bridgehead atoms. The molecule has 0 saturated heterocycles. The SMILES string of the molecule is Cc1noc(C)c1-c1ccc(C(F)(F)F)cc1-c1ccc(O)cc1. The van der Waals surface area contributed by atoms with Crippen molar-refractivity contribution in [1.29, 1.82) is 0 Å². The number of phenols is 1. The smallest absolute Gasteiger partial charge is 0.416 e. The fourth-order valence-corrected chi connectivity index (χ4v) is 2.69. The summed E-state index contributed by atoms with van der Waals surface area (Å²) in [7, 11) is 0. The predicted octanol–water partition coefficient (Wildman–Crippen LogP) is 5.35. The summed E-state index contributed by atoms with van der Waals surface area (Å²) in [6.07, 6.45) is -4.44. The summed E-state index contributed by atoms with van der Waals surface area (Å²) in [6.45, 7) is 3.46. The minimum atomic E-state index is -4.44. The molecule has 0 saturated carbocycles. The highest BCUT2D eigenvalue weighted by Gasteiger charge is 2.31. The van der Waals surface area contributed by atoms with Gasteiger partial charge in [-0.05, 0) is 54.8 Å². The second-order valence-corrected chi connectivity index (χ2v) is 5.50. The molecule has 3 aromatic rings. The van der Waals surface area contributed by atoms with E-state index in [2.05, 4.69) is 5.16 Å². The topological polar surface area (TPSA) is 46.3 Å². The van der Waals surface area contributed by atoms with Gasteiger partial charge in [-0.15, -0.1) is 0 Å². The lowest BCUT2D eigenvalue weighted by molar-refractivity contribution is -0.137. The number of hydrogen-bond acceptors (Lipinski definition) is 3. The lowest BCUT2D eigenvalue weighted by Gasteiger charge is -2.14. The second-order valence-electron chi connectivity index (χ2n) is 5.50. The molecule has 0 aliphatic rings. The van der Waals surface area contributed by atoms with Gasteiger partial charge in [0.05, 0.1) is 11.3 Å². The van der Waals surface area contributed by atoms with Crippen LogP contribution in [-0.4, -0.2) is 10.3 Å². The Kier molecular flexibility index (Phi) is 3.83. The van der Waals surface area contributed by atoms with Gasteiger partial charge in [-0.2, -0.15) is 13.2 Å². The molecule has 124 valence electrons. The summed E-state index contributed by atoms with van der Waals surface area (Å²) >= 11 is 0. The number of hydrogen-bond donors (Lipinski definition) is 1. The summed E-state index contributed by atoms with van der Waals surface area (Å²) < 4.78 is 44.5. The molecule has 1 heterocycles. The summed E-state index contributed by atoms with van der Waals surface area (Å²) in [5.74, 6) is 0.580. The van der Waals surface area contributed by atoms with E-state index in [1.54, 1.807) is 26.0 Å². The zero-order valence-electron chi connectivity index (χ0n) is 13.0. The van der Waals surface area contributed by atoms with E-state index in [0.29, 0.717) is 33.7 Å². The molecule has 3 nitrogen and oxygen atoms in total. The molecule has 24 heavy (non-hydrogen) atoms. The molecule has 0 amide bonds. The molecule has 0 unspecified atom stereocenters. The summed E-state index contributed by atoms with van der Waals surface area (Å²) in [6, 6.07) is 9.61. The number of aromatic hydroxyl groups is 1. The zero-order valence-corrected chi connectivity index (χ0v) is 13.0. The van der Waals surface area contributed by atoms with Crippen molar-refractivity contribution in [3.8, 4) is 28.0 Å². The summed E-state index contributed by atoms with van der Waals surface area (Å²) in [5, 5.41) is 13.3. The van der Waals surface area contributed by atoms with Crippen LogP contribution in [0.15, 0.2) is 47.0 Å². The second kappa shape index (κ2) is 5.70. The molecule has 1 N–H and O–H groups in total. The maximum Gasteiger partial charge on any atom is 0.416 e. The lowest BCUT2D eigenvalue weighted by Crippen LogP contribution is -2.05. The first kappa shape index (κ1) is 16.1. The van der Waals surface area contributed by atoms with E-state index in [1.807, 2.05) is 0 Å². The molecule has 0 radical (unpaired) electrons. The maximum atomic E-state index is 13.1. The molecule has 0 aliphatic carbocycles. The number of phenolic OH excluding ortho intramolecular Hbond substituents is 1. The highest BCUT2D eigenvalue weighted by molar-refractivity contribution is 5.85. The Hall–Kier alpha value is -2.76. The van der Waals surface area contributed by atoms with Gasteiger partial charge < -0.3 is 9.63 Å². The van der Waals surface area contributed by atoms with Crippen molar-refractivity contribution in [3.05, 3.63) is 59.5 Å². The van der Waals surface area contributed by atoms with Crippen LogP contribution in [-0.2, 0) is 6.18 Å². The van der Waals surface area contributed by atoms with Crippen molar-refractivity contribution in [2.75, 3.05) is 0 Å². The van der Waals surface area contributed by atoms with Crippen LogP contribution in [0.2, 0.25) is 0 Å². The quantitative estimate of drug-likeness (QED) is 0.687. The minimum absolute atomic E-state index is 0.0459. The number of aromatic nitrogens is 1. The number of halogens is 3. The van der Waals surface area contributed by atoms with E-state index < -0.39 is 11.7 Å². The van der Waals surface area contributed by atoms with Crippen LogP contribution >= 0.6 is 0 Å². The molecular weight excluding hydrogens is 319 g/mol. The van der Waals surface area contributed by atoms with Gasteiger partial charge in [0.1, 0.15) is 11.5 Å². The van der Waals surface area contributed by atoms with Crippen molar-refractivity contribution in [1.82, 2.24) is 5.16 Å². The van der Waals surface area contributed by atoms with Crippen LogP contribution in [0.3, 0.4) is 0 Å². The largest absolute Gasteiger partial charge is 0.508 e. The zero-order chi connectivity index (χ0) is 17.5. The molecule has 2 aromatic carbocycles. The maximum absolute atomic E-state index is 13.1. The van der Waals surface area contributed by atoms with Gasteiger partial charge in [0.2, 0.25) is 0 Å². The Labute approximate surface area is 136 Å². The number of alkyl halides is 3. The van der Waals surface area contributed by atoms with Crippen molar-refractivity contribution in [3.63, 3.8) is 0 Å². The molecule has 0 spiro atoms. The van der Waals surface area contributed by atoms with Crippen LogP contribution in [0.1, 0.15) is 17.0 Å². The Morgan fingerprint density at radius 1 is 0.958 bits per heavy atom. The normalized spacial score (nSPS) is 11.7. The van der Waals surface area contributed by atoms with E-state index in [4.69, 9.17) is 4.52 Å². The van der Waals surface area contributed by atoms with Gasteiger partial charge in [0.15, 0.2) is 0 Å². The van der Waals surface area contributed by atoms with Crippen molar-refractivity contribution >= 4 is 0 Å². The van der Waals surface area contributed by atoms with Gasteiger partial charge in [0.25, 0.3) is 0 Å². The van der Waals surface area contributed by atoms with E-state index in [0.717, 1.165) is 12.1 Å². The first-order valence-corrected chi connectivity index (χ1v) is 7.21. The average Bonchev–Trinajstić information content (AvgIpc) is 2.85. The van der Waals surface area contributed by atoms with Crippen LogP contribution in [0.4, 0.5) is 13.2 Å². The van der Waals surface area contributed by atoms with Crippen molar-refractivity contribution < 1.29 is 22.8 Å². The van der Waals surface area contributed by atoms with E-state index in [1.165, 1.54) is 18.2 Å². The molecular formula is C18H14F3NO2. The molecule has 0 aliphatic heterocycles. The lowest BCUT2D eigenvalue weighted by atomic mass is 9.92. The fraction of sp³-hybridized carbons (Fsp3) is 0.167. The van der Waals surface area contributed by atoms with Gasteiger partial charge in [-0.1, -0.05) is 23.4 Å². The van der Waals surface area contributed by atoms with Gasteiger partial charge >= 0.3 is 6.18 Å². The van der Waals surface area contributed by atoms with Crippen molar-refractivity contribution in [2.45, 2.75) is 20.0 Å². The van der Waals surface area contributed by atoms with Gasteiger partial charge in [-0.3, -0.25) is 0 Å². The monoisotopic (exact) mass is 333 g/mol.